The molecule has 0 saturated carbocycles. The lowest BCUT2D eigenvalue weighted by Gasteiger charge is -2.36. The van der Waals surface area contributed by atoms with Crippen molar-refractivity contribution >= 4 is 0 Å². The Balaban J connectivity index is 4.34. The van der Waals surface area contributed by atoms with Crippen LogP contribution in [0, 0.1) is 11.3 Å². The lowest BCUT2D eigenvalue weighted by Crippen LogP contribution is -2.40. The minimum atomic E-state index is -0.382. The molecule has 0 amide bonds. The number of aliphatic hydroxyl groups excluding tert-OH is 2. The van der Waals surface area contributed by atoms with Gasteiger partial charge in [-0.25, -0.2) is 0 Å². The summed E-state index contributed by atoms with van der Waals surface area (Å²) in [5.41, 5.74) is -0.316. The lowest BCUT2D eigenvalue weighted by molar-refractivity contribution is -0.0438. The Morgan fingerprint density at radius 3 is 2.14 bits per heavy atom. The highest BCUT2D eigenvalue weighted by molar-refractivity contribution is 4.84. The third-order valence-corrected chi connectivity index (χ3v) is 3.18. The van der Waals surface area contributed by atoms with E-state index in [1.165, 1.54) is 0 Å². The molecule has 14 heavy (non-hydrogen) atoms. The molecular formula is C12H26O2. The van der Waals surface area contributed by atoms with Crippen LogP contribution in [0.2, 0.25) is 0 Å². The predicted molar refractivity (Wildman–Crippen MR) is 60.2 cm³/mol. The van der Waals surface area contributed by atoms with E-state index >= 15 is 0 Å². The average molecular weight is 202 g/mol. The smallest absolute Gasteiger partial charge is 0.0641 e. The molecule has 0 radical (unpaired) electrons. The molecule has 0 aromatic rings. The highest BCUT2D eigenvalue weighted by atomic mass is 16.3. The minimum absolute atomic E-state index is 0.0794. The first kappa shape index (κ1) is 13.9. The van der Waals surface area contributed by atoms with Crippen LogP contribution in [0.4, 0.5) is 0 Å². The second-order valence-corrected chi connectivity index (χ2v) is 4.77. The van der Waals surface area contributed by atoms with Crippen molar-refractivity contribution in [1.82, 2.24) is 0 Å². The van der Waals surface area contributed by atoms with Gasteiger partial charge in [-0.3, -0.25) is 0 Å². The van der Waals surface area contributed by atoms with Crippen molar-refractivity contribution in [3.8, 4) is 0 Å². The van der Waals surface area contributed by atoms with Gasteiger partial charge >= 0.3 is 0 Å². The summed E-state index contributed by atoms with van der Waals surface area (Å²) in [7, 11) is 0. The molecule has 2 N–H and O–H groups in total. The first-order valence-electron chi connectivity index (χ1n) is 5.80. The molecule has 2 heteroatoms. The number of aliphatic hydroxyl groups is 2. The van der Waals surface area contributed by atoms with Gasteiger partial charge in [-0.1, -0.05) is 40.5 Å². The van der Waals surface area contributed by atoms with Gasteiger partial charge in [0.05, 0.1) is 12.7 Å². The summed E-state index contributed by atoms with van der Waals surface area (Å²) in [5, 5.41) is 19.5. The van der Waals surface area contributed by atoms with Gasteiger partial charge in [-0.2, -0.15) is 0 Å². The summed E-state index contributed by atoms with van der Waals surface area (Å²) in [5.74, 6) is 0.281. The van der Waals surface area contributed by atoms with Gasteiger partial charge in [0.1, 0.15) is 0 Å². The zero-order valence-electron chi connectivity index (χ0n) is 10.1. The number of hydrogen-bond acceptors (Lipinski definition) is 2. The Bertz CT molecular complexity index is 147. The second kappa shape index (κ2) is 6.41. The summed E-state index contributed by atoms with van der Waals surface area (Å²) < 4.78 is 0. The normalized spacial score (nSPS) is 20.1. The highest BCUT2D eigenvalue weighted by Crippen LogP contribution is 2.32. The topological polar surface area (TPSA) is 40.5 Å². The molecule has 0 heterocycles. The third-order valence-electron chi connectivity index (χ3n) is 3.18. The van der Waals surface area contributed by atoms with Crippen LogP contribution in [-0.2, 0) is 0 Å². The fourth-order valence-corrected chi connectivity index (χ4v) is 2.19. The molecule has 0 rings (SSSR count). The molecule has 3 atom stereocenters. The molecule has 2 nitrogen and oxygen atoms in total. The van der Waals surface area contributed by atoms with Gasteiger partial charge in [0.25, 0.3) is 0 Å². The molecule has 0 saturated heterocycles. The zero-order chi connectivity index (χ0) is 11.2. The van der Waals surface area contributed by atoms with Crippen LogP contribution in [0.5, 0.6) is 0 Å². The van der Waals surface area contributed by atoms with Gasteiger partial charge in [-0.15, -0.1) is 0 Å². The largest absolute Gasteiger partial charge is 0.396 e. The molecule has 3 unspecified atom stereocenters. The number of rotatable bonds is 7. The van der Waals surface area contributed by atoms with Crippen LogP contribution < -0.4 is 0 Å². The van der Waals surface area contributed by atoms with Crippen LogP contribution in [-0.4, -0.2) is 22.9 Å². The van der Waals surface area contributed by atoms with E-state index in [2.05, 4.69) is 20.8 Å². The minimum Gasteiger partial charge on any atom is -0.396 e. The molecule has 0 spiro atoms. The summed E-state index contributed by atoms with van der Waals surface area (Å²) >= 11 is 0. The van der Waals surface area contributed by atoms with Gasteiger partial charge in [0, 0.05) is 5.41 Å². The van der Waals surface area contributed by atoms with Crippen molar-refractivity contribution in [2.45, 2.75) is 59.5 Å². The van der Waals surface area contributed by atoms with E-state index in [-0.39, 0.29) is 24.0 Å². The molecule has 0 aliphatic rings. The van der Waals surface area contributed by atoms with Crippen LogP contribution in [0.3, 0.4) is 0 Å². The number of hydrogen-bond donors (Lipinski definition) is 2. The van der Waals surface area contributed by atoms with E-state index in [1.54, 1.807) is 0 Å². The summed E-state index contributed by atoms with van der Waals surface area (Å²) in [4.78, 5) is 0. The monoisotopic (exact) mass is 202 g/mol. The Morgan fingerprint density at radius 1 is 1.21 bits per heavy atom. The van der Waals surface area contributed by atoms with Crippen molar-refractivity contribution in [3.63, 3.8) is 0 Å². The second-order valence-electron chi connectivity index (χ2n) is 4.77. The summed E-state index contributed by atoms with van der Waals surface area (Å²) in [6, 6.07) is 0. The maximum atomic E-state index is 10.1. The van der Waals surface area contributed by atoms with E-state index in [9.17, 15) is 10.2 Å². The van der Waals surface area contributed by atoms with Crippen LogP contribution >= 0.6 is 0 Å². The predicted octanol–water partition coefficient (Wildman–Crippen LogP) is 2.58. The molecule has 0 aromatic heterocycles. The lowest BCUT2D eigenvalue weighted by atomic mass is 9.75. The SMILES string of the molecule is CCCC(C)C(O)C(C)(CO)CCC. The Morgan fingerprint density at radius 2 is 1.79 bits per heavy atom. The van der Waals surface area contributed by atoms with Crippen molar-refractivity contribution in [2.75, 3.05) is 6.61 Å². The molecule has 0 aliphatic heterocycles. The maximum absolute atomic E-state index is 10.1. The van der Waals surface area contributed by atoms with E-state index in [1.807, 2.05) is 6.92 Å². The maximum Gasteiger partial charge on any atom is 0.0641 e. The molecule has 0 aromatic carbocycles. The van der Waals surface area contributed by atoms with Gasteiger partial charge < -0.3 is 10.2 Å². The van der Waals surface area contributed by atoms with E-state index in [0.717, 1.165) is 25.7 Å². The van der Waals surface area contributed by atoms with Crippen molar-refractivity contribution in [3.05, 3.63) is 0 Å². The third kappa shape index (κ3) is 3.58. The standard InChI is InChI=1S/C12H26O2/c1-5-7-10(3)11(14)12(4,9-13)8-6-2/h10-11,13-14H,5-9H2,1-4H3. The van der Waals surface area contributed by atoms with E-state index in [4.69, 9.17) is 0 Å². The zero-order valence-corrected chi connectivity index (χ0v) is 10.1. The van der Waals surface area contributed by atoms with Crippen LogP contribution in [0.15, 0.2) is 0 Å². The first-order valence-corrected chi connectivity index (χ1v) is 5.80. The van der Waals surface area contributed by atoms with Crippen molar-refractivity contribution < 1.29 is 10.2 Å². The van der Waals surface area contributed by atoms with Gasteiger partial charge in [-0.05, 0) is 18.8 Å². The molecule has 0 fully saturated rings. The first-order chi connectivity index (χ1) is 6.51. The molecule has 86 valence electrons. The summed E-state index contributed by atoms with van der Waals surface area (Å²) in [6.07, 6.45) is 3.63. The van der Waals surface area contributed by atoms with E-state index in [0.29, 0.717) is 0 Å². The van der Waals surface area contributed by atoms with E-state index < -0.39 is 0 Å². The average Bonchev–Trinajstić information content (AvgIpc) is 2.17. The van der Waals surface area contributed by atoms with Crippen LogP contribution in [0.25, 0.3) is 0 Å². The Hall–Kier alpha value is -0.0800. The molecule has 0 bridgehead atoms. The Labute approximate surface area is 88.3 Å². The van der Waals surface area contributed by atoms with Crippen molar-refractivity contribution in [1.29, 1.82) is 0 Å². The fraction of sp³-hybridized carbons (Fsp3) is 1.00. The van der Waals surface area contributed by atoms with Crippen molar-refractivity contribution in [2.24, 2.45) is 11.3 Å². The Kier molecular flexibility index (Phi) is 6.38. The molecular weight excluding hydrogens is 176 g/mol. The van der Waals surface area contributed by atoms with Gasteiger partial charge in [0.15, 0.2) is 0 Å². The van der Waals surface area contributed by atoms with Gasteiger partial charge in [0.2, 0.25) is 0 Å². The fourth-order valence-electron chi connectivity index (χ4n) is 2.19. The quantitative estimate of drug-likeness (QED) is 0.666. The highest BCUT2D eigenvalue weighted by Gasteiger charge is 2.34. The molecule has 0 aliphatic carbocycles. The summed E-state index contributed by atoms with van der Waals surface area (Å²) in [6.45, 7) is 8.34. The van der Waals surface area contributed by atoms with Crippen LogP contribution in [0.1, 0.15) is 53.4 Å².